The molecule has 0 spiro atoms. The summed E-state index contributed by atoms with van der Waals surface area (Å²) < 4.78 is 0. The lowest BCUT2D eigenvalue weighted by Crippen LogP contribution is -1.80. The summed E-state index contributed by atoms with van der Waals surface area (Å²) in [5.41, 5.74) is 1.09. The molecule has 10 heavy (non-hydrogen) atoms. The maximum absolute atomic E-state index is 3.74. The van der Waals surface area contributed by atoms with Crippen LogP contribution in [0.2, 0.25) is 0 Å². The van der Waals surface area contributed by atoms with Crippen LogP contribution < -0.4 is 0 Å². The van der Waals surface area contributed by atoms with Crippen LogP contribution in [-0.4, -0.2) is 13.3 Å². The van der Waals surface area contributed by atoms with Gasteiger partial charge >= 0.3 is 0 Å². The SMILES string of the molecule is C=C/C(=C\C=C/C)CN=C. The van der Waals surface area contributed by atoms with Crippen molar-refractivity contribution in [1.29, 1.82) is 0 Å². The quantitative estimate of drug-likeness (QED) is 0.414. The molecule has 0 rings (SSSR count). The first-order valence-corrected chi connectivity index (χ1v) is 3.22. The van der Waals surface area contributed by atoms with Gasteiger partial charge in [0.2, 0.25) is 0 Å². The number of hydrogen-bond acceptors (Lipinski definition) is 1. The van der Waals surface area contributed by atoms with Crippen molar-refractivity contribution in [2.24, 2.45) is 4.99 Å². The Morgan fingerprint density at radius 3 is 2.70 bits per heavy atom. The summed E-state index contributed by atoms with van der Waals surface area (Å²) in [5.74, 6) is 0. The van der Waals surface area contributed by atoms with Gasteiger partial charge in [-0.3, -0.25) is 4.99 Å². The van der Waals surface area contributed by atoms with Crippen molar-refractivity contribution >= 4 is 6.72 Å². The topological polar surface area (TPSA) is 12.4 Å². The Morgan fingerprint density at radius 2 is 2.30 bits per heavy atom. The lowest BCUT2D eigenvalue weighted by Gasteiger charge is -1.91. The molecule has 0 aromatic heterocycles. The Labute approximate surface area is 62.5 Å². The minimum Gasteiger partial charge on any atom is -0.296 e. The van der Waals surface area contributed by atoms with E-state index in [0.717, 1.165) is 5.57 Å². The second-order valence-corrected chi connectivity index (χ2v) is 1.85. The smallest absolute Gasteiger partial charge is 0.0632 e. The molecule has 1 nitrogen and oxygen atoms in total. The van der Waals surface area contributed by atoms with E-state index < -0.39 is 0 Å². The summed E-state index contributed by atoms with van der Waals surface area (Å²) >= 11 is 0. The van der Waals surface area contributed by atoms with Crippen molar-refractivity contribution in [3.63, 3.8) is 0 Å². The van der Waals surface area contributed by atoms with Crippen molar-refractivity contribution < 1.29 is 0 Å². The highest BCUT2D eigenvalue weighted by atomic mass is 14.7. The monoisotopic (exact) mass is 135 g/mol. The second kappa shape index (κ2) is 6.02. The highest BCUT2D eigenvalue weighted by Gasteiger charge is 1.82. The third-order valence-electron chi connectivity index (χ3n) is 1.06. The highest BCUT2D eigenvalue weighted by Crippen LogP contribution is 1.95. The molecule has 0 heterocycles. The minimum absolute atomic E-state index is 0.647. The molecule has 0 atom stereocenters. The molecule has 0 aliphatic rings. The lowest BCUT2D eigenvalue weighted by molar-refractivity contribution is 1.20. The van der Waals surface area contributed by atoms with Gasteiger partial charge in [0, 0.05) is 0 Å². The number of allylic oxidation sites excluding steroid dienone is 3. The maximum Gasteiger partial charge on any atom is 0.0632 e. The molecule has 0 bridgehead atoms. The first-order chi connectivity index (χ1) is 4.85. The fourth-order valence-corrected chi connectivity index (χ4v) is 0.534. The van der Waals surface area contributed by atoms with Gasteiger partial charge in [-0.1, -0.05) is 30.9 Å². The summed E-state index contributed by atoms with van der Waals surface area (Å²) in [6.07, 6.45) is 7.69. The van der Waals surface area contributed by atoms with E-state index in [1.54, 1.807) is 6.08 Å². The lowest BCUT2D eigenvalue weighted by atomic mass is 10.2. The van der Waals surface area contributed by atoms with Crippen LogP contribution in [0.5, 0.6) is 0 Å². The van der Waals surface area contributed by atoms with Crippen molar-refractivity contribution in [3.05, 3.63) is 36.5 Å². The first-order valence-electron chi connectivity index (χ1n) is 3.22. The fourth-order valence-electron chi connectivity index (χ4n) is 0.534. The van der Waals surface area contributed by atoms with Gasteiger partial charge in [-0.05, 0) is 19.2 Å². The van der Waals surface area contributed by atoms with Gasteiger partial charge in [-0.25, -0.2) is 0 Å². The van der Waals surface area contributed by atoms with Gasteiger partial charge in [-0.15, -0.1) is 0 Å². The molecular weight excluding hydrogens is 122 g/mol. The Morgan fingerprint density at radius 1 is 1.60 bits per heavy atom. The molecule has 0 aliphatic carbocycles. The molecule has 0 unspecified atom stereocenters. The summed E-state index contributed by atoms with van der Waals surface area (Å²) in [5, 5.41) is 0. The molecule has 0 aliphatic heterocycles. The Hall–Kier alpha value is -1.11. The van der Waals surface area contributed by atoms with Crippen LogP contribution in [0.25, 0.3) is 0 Å². The van der Waals surface area contributed by atoms with Gasteiger partial charge in [0.15, 0.2) is 0 Å². The van der Waals surface area contributed by atoms with Crippen LogP contribution in [0.1, 0.15) is 6.92 Å². The molecule has 0 saturated heterocycles. The molecule has 0 N–H and O–H groups in total. The van der Waals surface area contributed by atoms with E-state index in [9.17, 15) is 0 Å². The largest absolute Gasteiger partial charge is 0.296 e. The highest BCUT2D eigenvalue weighted by molar-refractivity contribution is 5.29. The summed E-state index contributed by atoms with van der Waals surface area (Å²) in [4.78, 5) is 3.74. The molecule has 0 fully saturated rings. The van der Waals surface area contributed by atoms with Gasteiger partial charge in [0.05, 0.1) is 6.54 Å². The average molecular weight is 135 g/mol. The Bertz CT molecular complexity index is 164. The molecule has 0 aromatic carbocycles. The van der Waals surface area contributed by atoms with E-state index in [1.807, 2.05) is 25.2 Å². The molecule has 0 aromatic rings. The van der Waals surface area contributed by atoms with Crippen molar-refractivity contribution in [2.75, 3.05) is 6.54 Å². The molecule has 0 amide bonds. The third kappa shape index (κ3) is 3.84. The predicted molar refractivity (Wildman–Crippen MR) is 47.5 cm³/mol. The Balaban J connectivity index is 4.02. The summed E-state index contributed by atoms with van der Waals surface area (Å²) in [6, 6.07) is 0. The molecule has 1 heteroatoms. The molecular formula is C9H13N. The van der Waals surface area contributed by atoms with Crippen LogP contribution in [0.4, 0.5) is 0 Å². The van der Waals surface area contributed by atoms with Crippen LogP contribution in [0.15, 0.2) is 41.4 Å². The minimum atomic E-state index is 0.647. The molecule has 54 valence electrons. The zero-order valence-corrected chi connectivity index (χ0v) is 6.38. The van der Waals surface area contributed by atoms with Crippen LogP contribution in [-0.2, 0) is 0 Å². The van der Waals surface area contributed by atoms with E-state index in [1.165, 1.54) is 0 Å². The number of rotatable bonds is 4. The standard InChI is InChI=1S/C9H13N/c1-4-6-7-9(5-2)8-10-3/h4-7H,2-3,8H2,1H3/b6-4-,9-7+. The molecule has 0 saturated carbocycles. The Kier molecular flexibility index (Phi) is 5.35. The van der Waals surface area contributed by atoms with Crippen molar-refractivity contribution in [1.82, 2.24) is 0 Å². The summed E-state index contributed by atoms with van der Waals surface area (Å²) in [6.45, 7) is 9.65. The first kappa shape index (κ1) is 8.89. The van der Waals surface area contributed by atoms with E-state index in [-0.39, 0.29) is 0 Å². The second-order valence-electron chi connectivity index (χ2n) is 1.85. The van der Waals surface area contributed by atoms with E-state index in [4.69, 9.17) is 0 Å². The van der Waals surface area contributed by atoms with Gasteiger partial charge in [0.25, 0.3) is 0 Å². The van der Waals surface area contributed by atoms with Gasteiger partial charge in [0.1, 0.15) is 0 Å². The predicted octanol–water partition coefficient (Wildman–Crippen LogP) is 2.38. The third-order valence-corrected chi connectivity index (χ3v) is 1.06. The maximum atomic E-state index is 3.74. The van der Waals surface area contributed by atoms with Gasteiger partial charge in [-0.2, -0.15) is 0 Å². The van der Waals surface area contributed by atoms with Crippen LogP contribution >= 0.6 is 0 Å². The van der Waals surface area contributed by atoms with E-state index >= 15 is 0 Å². The normalized spacial score (nSPS) is 11.9. The van der Waals surface area contributed by atoms with Gasteiger partial charge < -0.3 is 0 Å². The van der Waals surface area contributed by atoms with E-state index in [0.29, 0.717) is 6.54 Å². The van der Waals surface area contributed by atoms with Crippen molar-refractivity contribution in [3.8, 4) is 0 Å². The van der Waals surface area contributed by atoms with Crippen LogP contribution in [0.3, 0.4) is 0 Å². The average Bonchev–Trinajstić information content (AvgIpc) is 1.98. The van der Waals surface area contributed by atoms with E-state index in [2.05, 4.69) is 18.3 Å². The number of nitrogens with zero attached hydrogens (tertiary/aromatic N) is 1. The van der Waals surface area contributed by atoms with Crippen LogP contribution in [0, 0.1) is 0 Å². The molecule has 0 radical (unpaired) electrons. The number of hydrogen-bond donors (Lipinski definition) is 0. The number of aliphatic imine (C=N–C) groups is 1. The fraction of sp³-hybridized carbons (Fsp3) is 0.222. The summed E-state index contributed by atoms with van der Waals surface area (Å²) in [7, 11) is 0. The zero-order valence-electron chi connectivity index (χ0n) is 6.38. The zero-order chi connectivity index (χ0) is 7.82. The van der Waals surface area contributed by atoms with Crippen molar-refractivity contribution in [2.45, 2.75) is 6.92 Å².